The van der Waals surface area contributed by atoms with Gasteiger partial charge in [-0.05, 0) is 0 Å². The minimum atomic E-state index is -0.444. The van der Waals surface area contributed by atoms with Crippen molar-refractivity contribution in [3.05, 3.63) is 22.7 Å². The molecule has 65 valence electrons. The van der Waals surface area contributed by atoms with Gasteiger partial charge in [-0.25, -0.2) is 0 Å². The average Bonchev–Trinajstić information content (AvgIpc) is 2.15. The van der Waals surface area contributed by atoms with E-state index in [4.69, 9.17) is 5.73 Å². The van der Waals surface area contributed by atoms with Gasteiger partial charge in [0.2, 0.25) is 0 Å². The summed E-state index contributed by atoms with van der Waals surface area (Å²) in [5, 5.41) is 0. The van der Waals surface area contributed by atoms with Crippen LogP contribution in [0.3, 0.4) is 0 Å². The molecule has 0 radical (unpaired) electrons. The molecule has 2 heterocycles. The number of rotatable bonds is 0. The monoisotopic (exact) mass is 260 g/mol. The first kappa shape index (κ1) is 8.31. The third-order valence-corrected chi connectivity index (χ3v) is 2.38. The fourth-order valence-electron chi connectivity index (χ4n) is 0.941. The molecule has 0 unspecified atom stereocenters. The van der Waals surface area contributed by atoms with Gasteiger partial charge in [0.1, 0.15) is 0 Å². The zero-order valence-corrected chi connectivity index (χ0v) is 8.34. The Balaban J connectivity index is 3.06. The summed E-state index contributed by atoms with van der Waals surface area (Å²) < 4.78 is 1.53. The molecule has 0 aromatic carbocycles. The number of fused-ring (bicyclic) bond motifs is 1. The third-order valence-electron chi connectivity index (χ3n) is 1.50. The van der Waals surface area contributed by atoms with Gasteiger partial charge in [0.05, 0.1) is 0 Å². The fraction of sp³-hybridized carbons (Fsp3) is 0. The van der Waals surface area contributed by atoms with Crippen LogP contribution in [-0.4, -0.2) is 18.1 Å². The van der Waals surface area contributed by atoms with Crippen LogP contribution in [0.15, 0.2) is 17.2 Å². The summed E-state index contributed by atoms with van der Waals surface area (Å²) in [6.45, 7) is 0. The van der Waals surface area contributed by atoms with Crippen LogP contribution < -0.4 is 11.3 Å². The molecule has 0 aliphatic heterocycles. The van der Waals surface area contributed by atoms with Gasteiger partial charge in [-0.1, -0.05) is 0 Å². The van der Waals surface area contributed by atoms with E-state index in [1.807, 2.05) is 0 Å². The summed E-state index contributed by atoms with van der Waals surface area (Å²) in [7, 11) is 0. The van der Waals surface area contributed by atoms with E-state index >= 15 is 0 Å². The minimum absolute atomic E-state index is 0.141. The molecule has 0 aliphatic carbocycles. The Labute approximate surface area is 84.0 Å². The zero-order chi connectivity index (χ0) is 9.42. The number of hydrogen-bond acceptors (Lipinski definition) is 5. The second-order valence-electron chi connectivity index (χ2n) is 2.30. The van der Waals surface area contributed by atoms with Gasteiger partial charge in [-0.2, -0.15) is 0 Å². The molecule has 0 fully saturated rings. The van der Waals surface area contributed by atoms with E-state index in [0.717, 1.165) is 0 Å². The zero-order valence-electron chi connectivity index (χ0n) is 6.34. The van der Waals surface area contributed by atoms with Crippen molar-refractivity contribution in [1.29, 1.82) is 0 Å². The predicted molar refractivity (Wildman–Crippen MR) is 41.4 cm³/mol. The van der Waals surface area contributed by atoms with E-state index in [1.54, 1.807) is 20.1 Å². The van der Waals surface area contributed by atoms with Crippen molar-refractivity contribution in [2.45, 2.75) is 0 Å². The Morgan fingerprint density at radius 1 is 1.38 bits per heavy atom. The summed E-state index contributed by atoms with van der Waals surface area (Å²) in [6.07, 6.45) is 2.95. The van der Waals surface area contributed by atoms with E-state index in [0.29, 0.717) is 5.65 Å². The van der Waals surface area contributed by atoms with Crippen LogP contribution in [0.5, 0.6) is 0 Å². The maximum atomic E-state index is 11.2. The van der Waals surface area contributed by atoms with Gasteiger partial charge < -0.3 is 0 Å². The Hall–Kier alpha value is -1.29. The molecule has 0 spiro atoms. The third kappa shape index (κ3) is 1.23. The van der Waals surface area contributed by atoms with Crippen molar-refractivity contribution in [3.63, 3.8) is 0 Å². The summed E-state index contributed by atoms with van der Waals surface area (Å²) in [4.78, 5) is 22.7. The quantitative estimate of drug-likeness (QED) is 0.617. The van der Waals surface area contributed by atoms with Crippen molar-refractivity contribution in [2.75, 3.05) is 5.73 Å². The second-order valence-corrected chi connectivity index (χ2v) is 3.20. The summed E-state index contributed by atoms with van der Waals surface area (Å²) in [6, 6.07) is 0. The van der Waals surface area contributed by atoms with Crippen LogP contribution in [0.25, 0.3) is 11.2 Å². The molecule has 0 amide bonds. The average molecular weight is 258 g/mol. The topological polar surface area (TPSA) is 86.7 Å². The maximum absolute atomic E-state index is 11.2. The fourth-order valence-corrected chi connectivity index (χ4v) is 1.37. The van der Waals surface area contributed by atoms with Crippen LogP contribution in [0, 0.1) is 0 Å². The molecule has 0 atom stereocenters. The van der Waals surface area contributed by atoms with E-state index in [9.17, 15) is 4.79 Å². The molecule has 2 rings (SSSR count). The number of anilines is 1. The molecule has 13 heavy (non-hydrogen) atoms. The molecule has 2 N–H and O–H groups in total. The molecule has 2 aromatic rings. The van der Waals surface area contributed by atoms with E-state index < -0.39 is 5.56 Å². The second kappa shape index (κ2) is 2.88. The van der Waals surface area contributed by atoms with Gasteiger partial charge in [0.15, 0.2) is 0 Å². The van der Waals surface area contributed by atoms with Gasteiger partial charge in [-0.15, -0.1) is 0 Å². The van der Waals surface area contributed by atoms with Crippen molar-refractivity contribution >= 4 is 17.1 Å². The first-order valence-corrected chi connectivity index (χ1v) is 4.26. The predicted octanol–water partition coefficient (Wildman–Crippen LogP) is -0.921. The van der Waals surface area contributed by atoms with Crippen molar-refractivity contribution in [3.8, 4) is 0 Å². The van der Waals surface area contributed by atoms with E-state index in [2.05, 4.69) is 15.0 Å². The molecule has 0 saturated heterocycles. The first-order valence-electron chi connectivity index (χ1n) is 3.37. The van der Waals surface area contributed by atoms with Crippen LogP contribution in [0.1, 0.15) is 0 Å². The van der Waals surface area contributed by atoms with E-state index in [1.165, 1.54) is 15.5 Å². The van der Waals surface area contributed by atoms with Crippen molar-refractivity contribution < 1.29 is 20.1 Å². The van der Waals surface area contributed by atoms with Crippen LogP contribution >= 0.6 is 0 Å². The molecule has 7 heteroatoms. The van der Waals surface area contributed by atoms with Crippen LogP contribution in [-0.2, 0) is 20.1 Å². The van der Waals surface area contributed by atoms with Crippen LogP contribution in [0.4, 0.5) is 5.95 Å². The number of nitrogens with zero attached hydrogens (tertiary/aromatic N) is 4. The summed E-state index contributed by atoms with van der Waals surface area (Å²) >= 11 is 1.60. The Bertz CT molecular complexity index is 522. The number of hydrogen-bond donors (Lipinski definition) is 1. The molecular formula is C6H4MoN5O. The van der Waals surface area contributed by atoms with Gasteiger partial charge in [0.25, 0.3) is 0 Å². The van der Waals surface area contributed by atoms with Crippen molar-refractivity contribution in [1.82, 2.24) is 18.1 Å². The van der Waals surface area contributed by atoms with Crippen molar-refractivity contribution in [2.24, 2.45) is 0 Å². The Morgan fingerprint density at radius 2 is 2.08 bits per heavy atom. The Kier molecular flexibility index (Phi) is 1.84. The Morgan fingerprint density at radius 3 is 2.85 bits per heavy atom. The first-order chi connectivity index (χ1) is 6.20. The van der Waals surface area contributed by atoms with Crippen LogP contribution in [0.2, 0.25) is 0 Å². The number of aromatic nitrogens is 4. The molecule has 0 bridgehead atoms. The SMILES string of the molecule is Nc1nc(=O)c2nccnc2[n]1[Mo]. The van der Waals surface area contributed by atoms with E-state index in [-0.39, 0.29) is 11.5 Å². The molecule has 0 saturated carbocycles. The number of nitrogens with two attached hydrogens (primary N) is 1. The van der Waals surface area contributed by atoms with Gasteiger partial charge in [-0.3, -0.25) is 0 Å². The van der Waals surface area contributed by atoms with Gasteiger partial charge >= 0.3 is 83.7 Å². The molecule has 0 aliphatic rings. The van der Waals surface area contributed by atoms with Gasteiger partial charge in [0, 0.05) is 0 Å². The normalized spacial score (nSPS) is 10.5. The summed E-state index contributed by atoms with van der Waals surface area (Å²) in [5.74, 6) is 0.141. The number of nitrogen functional groups attached to an aromatic ring is 1. The molecule has 6 nitrogen and oxygen atoms in total. The molecule has 2 aromatic heterocycles. The summed E-state index contributed by atoms with van der Waals surface area (Å²) in [5.41, 5.74) is 5.72. The standard InChI is InChI=1S/C6H5N5O.Mo/c7-6-10-4-3(5(12)11-6)8-1-2-9-4;/h1-2H,(H3,7,9,10,11,12);/q;+1/p-1. The molecular weight excluding hydrogens is 254 g/mol.